The van der Waals surface area contributed by atoms with Gasteiger partial charge in [-0.05, 0) is 78.2 Å². The monoisotopic (exact) mass is 523 g/mol. The van der Waals surface area contributed by atoms with E-state index in [4.69, 9.17) is 9.47 Å². The van der Waals surface area contributed by atoms with Crippen molar-refractivity contribution in [3.8, 4) is 11.5 Å². The number of anilines is 1. The van der Waals surface area contributed by atoms with Crippen molar-refractivity contribution in [2.75, 3.05) is 18.5 Å². The summed E-state index contributed by atoms with van der Waals surface area (Å²) in [6, 6.07) is 18.2. The van der Waals surface area contributed by atoms with Crippen molar-refractivity contribution in [2.24, 2.45) is 5.10 Å². The lowest BCUT2D eigenvalue weighted by Crippen LogP contribution is -2.21. The van der Waals surface area contributed by atoms with Gasteiger partial charge in [-0.3, -0.25) is 9.59 Å². The standard InChI is InChI=1S/C26H26BrN3O4/c1-4-33-23-14-19(15-28-30-26(32)20-11-9-17(2)10-12-20)13-21(27)25(23)34-16-24(31)29-22-8-6-5-7-18(22)3/h5-15H,4,16H2,1-3H3,(H,29,31)(H,30,32)/b28-15+. The van der Waals surface area contributed by atoms with Crippen molar-refractivity contribution >= 4 is 39.6 Å². The fourth-order valence-corrected chi connectivity index (χ4v) is 3.61. The van der Waals surface area contributed by atoms with Gasteiger partial charge in [0.25, 0.3) is 11.8 Å². The molecular weight excluding hydrogens is 498 g/mol. The molecule has 0 atom stereocenters. The molecular formula is C26H26BrN3O4. The topological polar surface area (TPSA) is 89.0 Å². The molecule has 0 aliphatic heterocycles. The minimum Gasteiger partial charge on any atom is -0.490 e. The summed E-state index contributed by atoms with van der Waals surface area (Å²) in [5.74, 6) is 0.266. The Balaban J connectivity index is 1.66. The second-order valence-corrected chi connectivity index (χ2v) is 8.33. The molecule has 0 aliphatic rings. The number of nitrogens with zero attached hydrogens (tertiary/aromatic N) is 1. The summed E-state index contributed by atoms with van der Waals surface area (Å²) in [4.78, 5) is 24.6. The Morgan fingerprint density at radius 2 is 1.76 bits per heavy atom. The Morgan fingerprint density at radius 1 is 1.03 bits per heavy atom. The number of nitrogens with one attached hydrogen (secondary N) is 2. The van der Waals surface area contributed by atoms with Crippen molar-refractivity contribution in [1.82, 2.24) is 5.43 Å². The van der Waals surface area contributed by atoms with Gasteiger partial charge in [-0.15, -0.1) is 0 Å². The zero-order valence-corrected chi connectivity index (χ0v) is 20.8. The van der Waals surface area contributed by atoms with Crippen LogP contribution in [0.3, 0.4) is 0 Å². The second kappa shape index (κ2) is 12.0. The average molecular weight is 524 g/mol. The van der Waals surface area contributed by atoms with Crippen LogP contribution in [0.15, 0.2) is 70.2 Å². The molecule has 0 fully saturated rings. The number of para-hydroxylation sites is 1. The third-order valence-electron chi connectivity index (χ3n) is 4.79. The van der Waals surface area contributed by atoms with Crippen molar-refractivity contribution in [1.29, 1.82) is 0 Å². The van der Waals surface area contributed by atoms with Gasteiger partial charge in [-0.2, -0.15) is 5.10 Å². The maximum Gasteiger partial charge on any atom is 0.271 e. The highest BCUT2D eigenvalue weighted by atomic mass is 79.9. The summed E-state index contributed by atoms with van der Waals surface area (Å²) in [7, 11) is 0. The van der Waals surface area contributed by atoms with E-state index in [1.54, 1.807) is 24.3 Å². The predicted octanol–water partition coefficient (Wildman–Crippen LogP) is 5.25. The molecule has 8 heteroatoms. The highest BCUT2D eigenvalue weighted by Crippen LogP contribution is 2.36. The first-order valence-electron chi connectivity index (χ1n) is 10.7. The van der Waals surface area contributed by atoms with Gasteiger partial charge in [0, 0.05) is 11.3 Å². The Morgan fingerprint density at radius 3 is 2.47 bits per heavy atom. The van der Waals surface area contributed by atoms with Gasteiger partial charge in [0.2, 0.25) is 0 Å². The quantitative estimate of drug-likeness (QED) is 0.296. The smallest absolute Gasteiger partial charge is 0.271 e. The number of benzene rings is 3. The maximum absolute atomic E-state index is 12.4. The van der Waals surface area contributed by atoms with Crippen LogP contribution in [0.2, 0.25) is 0 Å². The molecule has 2 amide bonds. The number of carbonyl (C=O) groups is 2. The van der Waals surface area contributed by atoms with Crippen LogP contribution in [0.4, 0.5) is 5.69 Å². The van der Waals surface area contributed by atoms with Gasteiger partial charge in [0.1, 0.15) is 0 Å². The number of carbonyl (C=O) groups excluding carboxylic acids is 2. The molecule has 0 heterocycles. The summed E-state index contributed by atoms with van der Waals surface area (Å²) >= 11 is 3.48. The van der Waals surface area contributed by atoms with E-state index in [1.807, 2.05) is 57.2 Å². The molecule has 176 valence electrons. The van der Waals surface area contributed by atoms with Crippen molar-refractivity contribution in [3.63, 3.8) is 0 Å². The molecule has 3 aromatic carbocycles. The van der Waals surface area contributed by atoms with Crippen LogP contribution >= 0.6 is 15.9 Å². The minimum absolute atomic E-state index is 0.187. The van der Waals surface area contributed by atoms with Crippen LogP contribution in [0.5, 0.6) is 11.5 Å². The first kappa shape index (κ1) is 25.0. The lowest BCUT2D eigenvalue weighted by molar-refractivity contribution is -0.118. The molecule has 0 aromatic heterocycles. The Bertz CT molecular complexity index is 1190. The van der Waals surface area contributed by atoms with E-state index in [0.29, 0.717) is 33.7 Å². The van der Waals surface area contributed by atoms with E-state index in [-0.39, 0.29) is 18.4 Å². The van der Waals surface area contributed by atoms with E-state index in [0.717, 1.165) is 16.8 Å². The molecule has 34 heavy (non-hydrogen) atoms. The Labute approximate surface area is 207 Å². The average Bonchev–Trinajstić information content (AvgIpc) is 2.80. The van der Waals surface area contributed by atoms with Gasteiger partial charge in [0.15, 0.2) is 18.1 Å². The van der Waals surface area contributed by atoms with Gasteiger partial charge in [-0.1, -0.05) is 35.9 Å². The van der Waals surface area contributed by atoms with Crippen LogP contribution < -0.4 is 20.2 Å². The molecule has 2 N–H and O–H groups in total. The number of amides is 2. The van der Waals surface area contributed by atoms with Crippen LogP contribution in [0.25, 0.3) is 0 Å². The number of rotatable bonds is 9. The van der Waals surface area contributed by atoms with Crippen molar-refractivity contribution < 1.29 is 19.1 Å². The number of halogens is 1. The molecule has 7 nitrogen and oxygen atoms in total. The first-order valence-corrected chi connectivity index (χ1v) is 11.5. The summed E-state index contributed by atoms with van der Waals surface area (Å²) in [5, 5.41) is 6.87. The summed E-state index contributed by atoms with van der Waals surface area (Å²) in [5.41, 5.74) is 6.48. The molecule has 0 radical (unpaired) electrons. The molecule has 0 aliphatic carbocycles. The van der Waals surface area contributed by atoms with Crippen molar-refractivity contribution in [3.05, 3.63) is 87.4 Å². The largest absolute Gasteiger partial charge is 0.490 e. The highest BCUT2D eigenvalue weighted by molar-refractivity contribution is 9.10. The highest BCUT2D eigenvalue weighted by Gasteiger charge is 2.14. The van der Waals surface area contributed by atoms with Crippen LogP contribution in [-0.4, -0.2) is 31.2 Å². The summed E-state index contributed by atoms with van der Waals surface area (Å²) in [6.45, 7) is 5.95. The normalized spacial score (nSPS) is 10.7. The predicted molar refractivity (Wildman–Crippen MR) is 137 cm³/mol. The van der Waals surface area contributed by atoms with E-state index >= 15 is 0 Å². The van der Waals surface area contributed by atoms with Crippen LogP contribution in [0, 0.1) is 13.8 Å². The van der Waals surface area contributed by atoms with Gasteiger partial charge < -0.3 is 14.8 Å². The van der Waals surface area contributed by atoms with Gasteiger partial charge in [-0.25, -0.2) is 5.43 Å². The van der Waals surface area contributed by atoms with Gasteiger partial charge in [0.05, 0.1) is 17.3 Å². The SMILES string of the molecule is CCOc1cc(/C=N/NC(=O)c2ccc(C)cc2)cc(Br)c1OCC(=O)Nc1ccccc1C. The number of ether oxygens (including phenoxy) is 2. The fraction of sp³-hybridized carbons (Fsp3) is 0.192. The van der Waals surface area contributed by atoms with Crippen LogP contribution in [-0.2, 0) is 4.79 Å². The second-order valence-electron chi connectivity index (χ2n) is 7.48. The summed E-state index contributed by atoms with van der Waals surface area (Å²) < 4.78 is 12.1. The lowest BCUT2D eigenvalue weighted by Gasteiger charge is -2.15. The first-order chi connectivity index (χ1) is 16.4. The zero-order chi connectivity index (χ0) is 24.5. The zero-order valence-electron chi connectivity index (χ0n) is 19.2. The fourth-order valence-electron chi connectivity index (χ4n) is 3.04. The van der Waals surface area contributed by atoms with Crippen molar-refractivity contribution in [2.45, 2.75) is 20.8 Å². The van der Waals surface area contributed by atoms with E-state index in [9.17, 15) is 9.59 Å². The van der Waals surface area contributed by atoms with E-state index < -0.39 is 0 Å². The van der Waals surface area contributed by atoms with E-state index in [2.05, 4.69) is 31.8 Å². The Kier molecular flexibility index (Phi) is 8.81. The maximum atomic E-state index is 12.4. The molecule has 3 rings (SSSR count). The molecule has 0 spiro atoms. The van der Waals surface area contributed by atoms with Crippen LogP contribution in [0.1, 0.15) is 34.0 Å². The molecule has 0 unspecified atom stereocenters. The molecule has 0 saturated heterocycles. The van der Waals surface area contributed by atoms with E-state index in [1.165, 1.54) is 6.21 Å². The third-order valence-corrected chi connectivity index (χ3v) is 5.38. The number of hydrazone groups is 1. The third kappa shape index (κ3) is 6.92. The number of hydrogen-bond acceptors (Lipinski definition) is 5. The molecule has 0 saturated carbocycles. The number of aryl methyl sites for hydroxylation is 2. The van der Waals surface area contributed by atoms with Gasteiger partial charge >= 0.3 is 0 Å². The lowest BCUT2D eigenvalue weighted by atomic mass is 10.1. The Hall–Kier alpha value is -3.65. The molecule has 3 aromatic rings. The number of hydrogen-bond donors (Lipinski definition) is 2. The summed E-state index contributed by atoms with van der Waals surface area (Å²) in [6.07, 6.45) is 1.51. The molecule has 0 bridgehead atoms. The minimum atomic E-state index is -0.306.